The number of rotatable bonds is 15. The molecular weight excluding hydrogens is 589 g/mol. The second kappa shape index (κ2) is 19.6. The number of amides is 1. The number of carbonyl (C=O) groups is 2. The van der Waals surface area contributed by atoms with Crippen LogP contribution < -0.4 is 5.32 Å². The summed E-state index contributed by atoms with van der Waals surface area (Å²) in [6.07, 6.45) is 25.6. The van der Waals surface area contributed by atoms with Crippen LogP contribution in [-0.2, 0) is 19.1 Å². The molecule has 3 rings (SSSR count). The fraction of sp³-hybridized carbons (Fsp3) is 0.472. The number of hydrogen-bond donors (Lipinski definition) is 1. The van der Waals surface area contributed by atoms with Crippen molar-refractivity contribution in [3.05, 3.63) is 96.3 Å². The van der Waals surface area contributed by atoms with E-state index in [0.29, 0.717) is 30.4 Å². The minimum atomic E-state index is -0.284. The molecule has 44 heavy (non-hydrogen) atoms. The van der Waals surface area contributed by atoms with Crippen molar-refractivity contribution >= 4 is 33.5 Å². The molecule has 6 nitrogen and oxygen atoms in total. The lowest BCUT2D eigenvalue weighted by Crippen LogP contribution is -2.47. The Labute approximate surface area is 272 Å². The Morgan fingerprint density at radius 3 is 2.82 bits per heavy atom. The maximum Gasteiger partial charge on any atom is 0.331 e. The number of cyclic esters (lactones) is 1. The first-order valence-electron chi connectivity index (χ1n) is 15.6. The number of aromatic nitrogens is 1. The Hall–Kier alpha value is -2.81. The Bertz CT molecular complexity index is 1240. The Morgan fingerprint density at radius 1 is 1.23 bits per heavy atom. The molecule has 0 bridgehead atoms. The van der Waals surface area contributed by atoms with Gasteiger partial charge in [0.1, 0.15) is 11.1 Å². The molecule has 6 unspecified atom stereocenters. The van der Waals surface area contributed by atoms with Gasteiger partial charge in [-0.1, -0.05) is 90.5 Å². The predicted octanol–water partition coefficient (Wildman–Crippen LogP) is 8.36. The maximum absolute atomic E-state index is 13.0. The van der Waals surface area contributed by atoms with Gasteiger partial charge in [0.2, 0.25) is 5.91 Å². The van der Waals surface area contributed by atoms with Crippen molar-refractivity contribution in [2.75, 3.05) is 5.75 Å². The van der Waals surface area contributed by atoms with E-state index in [4.69, 9.17) is 9.47 Å². The Kier molecular flexibility index (Phi) is 15.8. The van der Waals surface area contributed by atoms with E-state index < -0.39 is 0 Å². The number of nitrogens with zero attached hydrogens (tertiary/aromatic N) is 1. The molecule has 0 aromatic carbocycles. The van der Waals surface area contributed by atoms with E-state index in [1.54, 1.807) is 27.8 Å². The van der Waals surface area contributed by atoms with Gasteiger partial charge >= 0.3 is 5.97 Å². The second-order valence-corrected chi connectivity index (χ2v) is 14.0. The molecule has 3 heterocycles. The number of carbonyl (C=O) groups excluding carboxylic acids is 2. The summed E-state index contributed by atoms with van der Waals surface area (Å²) in [5.41, 5.74) is 2.40. The monoisotopic (exact) mass is 636 g/mol. The molecule has 0 saturated carbocycles. The largest absolute Gasteiger partial charge is 0.455 e. The van der Waals surface area contributed by atoms with Crippen LogP contribution in [0.4, 0.5) is 0 Å². The van der Waals surface area contributed by atoms with E-state index in [0.717, 1.165) is 29.9 Å². The van der Waals surface area contributed by atoms with Crippen LogP contribution in [0.15, 0.2) is 101 Å². The van der Waals surface area contributed by atoms with Gasteiger partial charge in [0, 0.05) is 30.9 Å². The molecule has 6 atom stereocenters. The molecule has 1 aromatic rings. The fourth-order valence-electron chi connectivity index (χ4n) is 5.23. The lowest BCUT2D eigenvalue weighted by molar-refractivity contribution is -0.141. The van der Waals surface area contributed by atoms with Crippen LogP contribution in [-0.4, -0.2) is 47.0 Å². The number of allylic oxidation sites excluding steroid dienone is 7. The van der Waals surface area contributed by atoms with Crippen molar-refractivity contribution in [2.45, 2.75) is 96.1 Å². The van der Waals surface area contributed by atoms with Gasteiger partial charge in [-0.3, -0.25) is 4.79 Å². The normalized spacial score (nSPS) is 24.6. The van der Waals surface area contributed by atoms with Crippen molar-refractivity contribution < 1.29 is 19.1 Å². The molecular formula is C36H48N2O4S2. The van der Waals surface area contributed by atoms with E-state index in [2.05, 4.69) is 68.4 Å². The van der Waals surface area contributed by atoms with Crippen molar-refractivity contribution in [1.29, 1.82) is 0 Å². The van der Waals surface area contributed by atoms with Gasteiger partial charge in [0.15, 0.2) is 0 Å². The third-order valence-electron chi connectivity index (χ3n) is 7.46. The molecule has 0 radical (unpaired) electrons. The van der Waals surface area contributed by atoms with Gasteiger partial charge in [-0.25, -0.2) is 9.78 Å². The summed E-state index contributed by atoms with van der Waals surface area (Å²) in [6, 6.07) is 5.64. The smallest absolute Gasteiger partial charge is 0.331 e. The summed E-state index contributed by atoms with van der Waals surface area (Å²) < 4.78 is 11.8. The number of ether oxygens (including phenoxy) is 2. The average Bonchev–Trinajstić information content (AvgIpc) is 2.99. The van der Waals surface area contributed by atoms with Crippen LogP contribution in [0.2, 0.25) is 0 Å². The van der Waals surface area contributed by atoms with Crippen LogP contribution in [0.5, 0.6) is 0 Å². The van der Waals surface area contributed by atoms with Crippen molar-refractivity contribution in [3.8, 4) is 0 Å². The third kappa shape index (κ3) is 13.4. The number of pyridine rings is 1. The quantitative estimate of drug-likeness (QED) is 0.0682. The number of nitrogens with one attached hydrogen (secondary N) is 1. The highest BCUT2D eigenvalue weighted by Gasteiger charge is 2.31. The molecule has 0 aliphatic carbocycles. The highest BCUT2D eigenvalue weighted by Crippen LogP contribution is 2.30. The minimum Gasteiger partial charge on any atom is -0.455 e. The van der Waals surface area contributed by atoms with E-state index >= 15 is 0 Å². The first-order valence-corrected chi connectivity index (χ1v) is 17.9. The van der Waals surface area contributed by atoms with Crippen LogP contribution >= 0.6 is 21.6 Å². The number of hydrogen-bond acceptors (Lipinski definition) is 7. The Morgan fingerprint density at radius 2 is 2.07 bits per heavy atom. The third-order valence-corrected chi connectivity index (χ3v) is 9.73. The van der Waals surface area contributed by atoms with Crippen molar-refractivity contribution in [3.63, 3.8) is 0 Å². The molecule has 1 N–H and O–H groups in total. The van der Waals surface area contributed by atoms with E-state index in [-0.39, 0.29) is 36.2 Å². The molecule has 1 aromatic heterocycles. The lowest BCUT2D eigenvalue weighted by Gasteiger charge is -2.37. The van der Waals surface area contributed by atoms with Crippen LogP contribution in [0, 0.1) is 11.8 Å². The molecule has 0 spiro atoms. The highest BCUT2D eigenvalue weighted by atomic mass is 33.1. The SMILES string of the molecule is C/C=C/C1OC(C(/C=C/C=C(\C)CC(C)/C=C(C)\C=C\C2CC=CC(=O)O2)NC(=O)CCSSc2ccccn2)CCC1C. The van der Waals surface area contributed by atoms with Crippen molar-refractivity contribution in [1.82, 2.24) is 10.3 Å². The minimum absolute atomic E-state index is 0.0283. The molecule has 2 aliphatic heterocycles. The van der Waals surface area contributed by atoms with Gasteiger partial charge in [-0.2, -0.15) is 0 Å². The fourth-order valence-corrected chi connectivity index (χ4v) is 7.10. The van der Waals surface area contributed by atoms with Crippen LogP contribution in [0.25, 0.3) is 0 Å². The summed E-state index contributed by atoms with van der Waals surface area (Å²) >= 11 is 0. The number of esters is 1. The zero-order valence-electron chi connectivity index (χ0n) is 26.7. The molecule has 238 valence electrons. The standard InChI is InChI=1S/C36H48N2O4S2/c1-6-11-32-29(5)18-20-33(42-32)31(38-34(39)21-23-43-44-35-15-7-8-22-37-35)14-9-12-26(2)24-28(4)25-27(3)17-19-30-13-10-16-36(40)41-30/h6-12,14-17,19,22,25,28-33H,13,18,20-21,23-24H2,1-5H3,(H,38,39)/b11-6+,14-9+,19-17+,26-12+,27-25-. The Balaban J connectivity index is 1.57. The maximum atomic E-state index is 13.0. The first-order chi connectivity index (χ1) is 21.2. The highest BCUT2D eigenvalue weighted by molar-refractivity contribution is 8.76. The van der Waals surface area contributed by atoms with Gasteiger partial charge in [-0.05, 0) is 80.9 Å². The topological polar surface area (TPSA) is 77.5 Å². The van der Waals surface area contributed by atoms with Crippen LogP contribution in [0.3, 0.4) is 0 Å². The summed E-state index contributed by atoms with van der Waals surface area (Å²) in [5.74, 6) is 1.25. The summed E-state index contributed by atoms with van der Waals surface area (Å²) in [7, 11) is 3.23. The average molecular weight is 637 g/mol. The first kappa shape index (κ1) is 35.7. The van der Waals surface area contributed by atoms with Gasteiger partial charge < -0.3 is 14.8 Å². The lowest BCUT2D eigenvalue weighted by atomic mass is 9.90. The second-order valence-electron chi connectivity index (χ2n) is 11.6. The molecule has 1 fully saturated rings. The zero-order chi connectivity index (χ0) is 31.7. The summed E-state index contributed by atoms with van der Waals surface area (Å²) in [5, 5.41) is 4.20. The molecule has 1 amide bonds. The van der Waals surface area contributed by atoms with Crippen molar-refractivity contribution in [2.24, 2.45) is 11.8 Å². The zero-order valence-corrected chi connectivity index (χ0v) is 28.3. The van der Waals surface area contributed by atoms with E-state index in [1.807, 2.05) is 49.4 Å². The van der Waals surface area contributed by atoms with Gasteiger partial charge in [0.05, 0.1) is 18.2 Å². The summed E-state index contributed by atoms with van der Waals surface area (Å²) in [6.45, 7) is 10.7. The van der Waals surface area contributed by atoms with E-state index in [9.17, 15) is 9.59 Å². The van der Waals surface area contributed by atoms with E-state index in [1.165, 1.54) is 11.6 Å². The molecule has 2 aliphatic rings. The van der Waals surface area contributed by atoms with Gasteiger partial charge in [-0.15, -0.1) is 0 Å². The van der Waals surface area contributed by atoms with Gasteiger partial charge in [0.25, 0.3) is 0 Å². The summed E-state index contributed by atoms with van der Waals surface area (Å²) in [4.78, 5) is 28.7. The molecule has 1 saturated heterocycles. The molecule has 8 heteroatoms. The predicted molar refractivity (Wildman–Crippen MR) is 184 cm³/mol. The van der Waals surface area contributed by atoms with Crippen LogP contribution in [0.1, 0.15) is 66.7 Å².